The number of aromatic nitrogens is 1. The van der Waals surface area contributed by atoms with E-state index >= 15 is 0 Å². The van der Waals surface area contributed by atoms with Crippen molar-refractivity contribution in [1.29, 1.82) is 0 Å². The maximum Gasteiger partial charge on any atom is 0.0716 e. The molecule has 9 rings (SSSR count). The van der Waals surface area contributed by atoms with Gasteiger partial charge in [-0.05, 0) is 98.3 Å². The Labute approximate surface area is 204 Å². The van der Waals surface area contributed by atoms with E-state index in [0.717, 1.165) is 25.7 Å². The van der Waals surface area contributed by atoms with E-state index in [1.165, 1.54) is 84.0 Å². The van der Waals surface area contributed by atoms with Gasteiger partial charge in [-0.1, -0.05) is 54.6 Å². The summed E-state index contributed by atoms with van der Waals surface area (Å²) >= 11 is 0. The fourth-order valence-electron chi connectivity index (χ4n) is 6.99. The molecule has 0 amide bonds. The summed E-state index contributed by atoms with van der Waals surface area (Å²) in [5.41, 5.74) is 20.8. The third-order valence-corrected chi connectivity index (χ3v) is 8.51. The normalized spacial score (nSPS) is 14.9. The molecular formula is C33H22N2. The zero-order valence-corrected chi connectivity index (χ0v) is 19.3. The molecule has 0 atom stereocenters. The Kier molecular flexibility index (Phi) is 3.27. The molecule has 0 unspecified atom stereocenters. The highest BCUT2D eigenvalue weighted by Crippen LogP contribution is 2.53. The molecule has 1 aromatic heterocycles. The lowest BCUT2D eigenvalue weighted by molar-refractivity contribution is 0.958. The topological polar surface area (TPSA) is 16.1 Å². The SMILES string of the molecule is c1ccc2c(c1)Cc1cc3c(cc1-2)-c1cc2c(cc1C3)Cc1nccc3c1N2c1ccccc1C3. The number of rotatable bonds is 0. The van der Waals surface area contributed by atoms with Gasteiger partial charge in [0.25, 0.3) is 0 Å². The van der Waals surface area contributed by atoms with E-state index in [1.54, 1.807) is 0 Å². The van der Waals surface area contributed by atoms with E-state index in [0.29, 0.717) is 0 Å². The monoisotopic (exact) mass is 446 g/mol. The predicted molar refractivity (Wildman–Crippen MR) is 141 cm³/mol. The Morgan fingerprint density at radius 3 is 2.09 bits per heavy atom. The molecule has 3 heterocycles. The standard InChI is InChI=1S/C33H22N2/c1-3-7-26-19(5-1)11-22-13-23-14-24-15-25-16-30-33-21(9-10-34-30)12-20-6-2-4-8-31(20)35(33)32(25)18-29(24)28(23)17-27(22)26/h1-10,13,15,17-18H,11-12,14,16H2. The average Bonchev–Trinajstić information content (AvgIpc) is 3.42. The van der Waals surface area contributed by atoms with Crippen molar-refractivity contribution in [3.8, 4) is 22.3 Å². The van der Waals surface area contributed by atoms with Crippen LogP contribution in [-0.4, -0.2) is 4.98 Å². The zero-order valence-electron chi connectivity index (χ0n) is 19.3. The van der Waals surface area contributed by atoms with E-state index in [9.17, 15) is 0 Å². The van der Waals surface area contributed by atoms with Crippen LogP contribution < -0.4 is 4.90 Å². The summed E-state index contributed by atoms with van der Waals surface area (Å²) in [4.78, 5) is 7.33. The molecule has 0 radical (unpaired) electrons. The fourth-order valence-corrected chi connectivity index (χ4v) is 6.99. The van der Waals surface area contributed by atoms with Crippen LogP contribution in [0.2, 0.25) is 0 Å². The second kappa shape index (κ2) is 6.28. The van der Waals surface area contributed by atoms with Gasteiger partial charge in [-0.3, -0.25) is 4.98 Å². The van der Waals surface area contributed by atoms with E-state index in [2.05, 4.69) is 83.8 Å². The summed E-state index contributed by atoms with van der Waals surface area (Å²) in [6.45, 7) is 0. The van der Waals surface area contributed by atoms with Crippen molar-refractivity contribution in [2.24, 2.45) is 0 Å². The smallest absolute Gasteiger partial charge is 0.0716 e. The molecule has 2 nitrogen and oxygen atoms in total. The van der Waals surface area contributed by atoms with Crippen molar-refractivity contribution in [3.05, 3.63) is 130 Å². The minimum absolute atomic E-state index is 0.907. The summed E-state index contributed by atoms with van der Waals surface area (Å²) in [6, 6.07) is 29.9. The lowest BCUT2D eigenvalue weighted by atomic mass is 9.87. The van der Waals surface area contributed by atoms with Crippen molar-refractivity contribution in [2.75, 3.05) is 4.90 Å². The minimum atomic E-state index is 0.907. The Morgan fingerprint density at radius 2 is 1.17 bits per heavy atom. The first-order chi connectivity index (χ1) is 17.3. The highest BCUT2D eigenvalue weighted by Gasteiger charge is 2.34. The van der Waals surface area contributed by atoms with Crippen molar-refractivity contribution in [2.45, 2.75) is 25.7 Å². The van der Waals surface area contributed by atoms with Gasteiger partial charge >= 0.3 is 0 Å². The van der Waals surface area contributed by atoms with Gasteiger partial charge in [0.1, 0.15) is 0 Å². The average molecular weight is 447 g/mol. The number of hydrogen-bond acceptors (Lipinski definition) is 2. The van der Waals surface area contributed by atoms with Gasteiger partial charge in [0, 0.05) is 24.7 Å². The highest BCUT2D eigenvalue weighted by atomic mass is 15.2. The predicted octanol–water partition coefficient (Wildman–Crippen LogP) is 7.50. The molecule has 0 spiro atoms. The van der Waals surface area contributed by atoms with Crippen LogP contribution in [0.15, 0.2) is 85.1 Å². The van der Waals surface area contributed by atoms with Gasteiger partial charge in [0.15, 0.2) is 0 Å². The number of anilines is 3. The maximum absolute atomic E-state index is 4.84. The molecular weight excluding hydrogens is 424 g/mol. The maximum atomic E-state index is 4.84. The Hall–Kier alpha value is -4.17. The second-order valence-corrected chi connectivity index (χ2v) is 10.4. The molecule has 0 bridgehead atoms. The Balaban J connectivity index is 1.27. The van der Waals surface area contributed by atoms with Crippen LogP contribution in [-0.2, 0) is 25.7 Å². The number of pyridine rings is 1. The Morgan fingerprint density at radius 1 is 0.486 bits per heavy atom. The summed E-state index contributed by atoms with van der Waals surface area (Å²) in [5, 5.41) is 0. The molecule has 0 N–H and O–H groups in total. The molecule has 2 aliphatic carbocycles. The van der Waals surface area contributed by atoms with Crippen LogP contribution in [0, 0.1) is 0 Å². The van der Waals surface area contributed by atoms with Crippen LogP contribution in [0.25, 0.3) is 22.3 Å². The van der Waals surface area contributed by atoms with E-state index in [-0.39, 0.29) is 0 Å². The number of para-hydroxylation sites is 1. The van der Waals surface area contributed by atoms with Gasteiger partial charge in [-0.15, -0.1) is 0 Å². The molecule has 0 fully saturated rings. The van der Waals surface area contributed by atoms with Crippen molar-refractivity contribution in [3.63, 3.8) is 0 Å². The number of benzene rings is 4. The first-order valence-electron chi connectivity index (χ1n) is 12.6. The molecule has 0 saturated heterocycles. The summed E-state index contributed by atoms with van der Waals surface area (Å²) in [6.07, 6.45) is 5.96. The van der Waals surface area contributed by atoms with Gasteiger partial charge < -0.3 is 4.90 Å². The van der Waals surface area contributed by atoms with Gasteiger partial charge in [0.2, 0.25) is 0 Å². The fraction of sp³-hybridized carbons (Fsp3) is 0.121. The van der Waals surface area contributed by atoms with Crippen LogP contribution >= 0.6 is 0 Å². The first-order valence-corrected chi connectivity index (χ1v) is 12.6. The van der Waals surface area contributed by atoms with E-state index < -0.39 is 0 Å². The van der Waals surface area contributed by atoms with Crippen LogP contribution in [0.4, 0.5) is 17.1 Å². The molecule has 0 saturated carbocycles. The van der Waals surface area contributed by atoms with Crippen LogP contribution in [0.1, 0.15) is 44.6 Å². The summed E-state index contributed by atoms with van der Waals surface area (Å²) in [7, 11) is 0. The summed E-state index contributed by atoms with van der Waals surface area (Å²) in [5.74, 6) is 0. The Bertz CT molecular complexity index is 1760. The van der Waals surface area contributed by atoms with Crippen LogP contribution in [0.3, 0.4) is 0 Å². The molecule has 4 aromatic carbocycles. The van der Waals surface area contributed by atoms with Crippen molar-refractivity contribution in [1.82, 2.24) is 4.98 Å². The number of hydrogen-bond donors (Lipinski definition) is 0. The third kappa shape index (κ3) is 2.32. The summed E-state index contributed by atoms with van der Waals surface area (Å²) < 4.78 is 0. The second-order valence-electron chi connectivity index (χ2n) is 10.4. The number of nitrogens with zero attached hydrogens (tertiary/aromatic N) is 2. The largest absolute Gasteiger partial charge is 0.308 e. The van der Waals surface area contributed by atoms with E-state index in [1.807, 2.05) is 6.20 Å². The van der Waals surface area contributed by atoms with Crippen molar-refractivity contribution >= 4 is 17.1 Å². The van der Waals surface area contributed by atoms with Gasteiger partial charge in [0.05, 0.1) is 17.1 Å². The lowest BCUT2D eigenvalue weighted by Gasteiger charge is -2.39. The number of fused-ring (bicyclic) bond motifs is 10. The molecule has 164 valence electrons. The quantitative estimate of drug-likeness (QED) is 0.240. The van der Waals surface area contributed by atoms with Crippen LogP contribution in [0.5, 0.6) is 0 Å². The molecule has 2 heteroatoms. The molecule has 35 heavy (non-hydrogen) atoms. The minimum Gasteiger partial charge on any atom is -0.308 e. The van der Waals surface area contributed by atoms with E-state index in [4.69, 9.17) is 4.98 Å². The lowest BCUT2D eigenvalue weighted by Crippen LogP contribution is -2.25. The van der Waals surface area contributed by atoms with Crippen molar-refractivity contribution < 1.29 is 0 Å². The first kappa shape index (κ1) is 18.2. The zero-order chi connectivity index (χ0) is 22.7. The molecule has 4 aliphatic rings. The van der Waals surface area contributed by atoms with Gasteiger partial charge in [-0.2, -0.15) is 0 Å². The third-order valence-electron chi connectivity index (χ3n) is 8.51. The molecule has 5 aromatic rings. The molecule has 2 aliphatic heterocycles. The highest BCUT2D eigenvalue weighted by molar-refractivity contribution is 5.93. The van der Waals surface area contributed by atoms with Gasteiger partial charge in [-0.25, -0.2) is 0 Å².